The van der Waals surface area contributed by atoms with Crippen molar-refractivity contribution in [1.82, 2.24) is 20.4 Å². The molecule has 1 aliphatic heterocycles. The van der Waals surface area contributed by atoms with Gasteiger partial charge < -0.3 is 10.6 Å². The summed E-state index contributed by atoms with van der Waals surface area (Å²) in [5.74, 6) is 0.0762. The summed E-state index contributed by atoms with van der Waals surface area (Å²) in [6, 6.07) is 7.36. The summed E-state index contributed by atoms with van der Waals surface area (Å²) in [4.78, 5) is 25.4. The molecule has 1 aromatic heterocycles. The van der Waals surface area contributed by atoms with Gasteiger partial charge in [-0.3, -0.25) is 9.59 Å². The smallest absolute Gasteiger partial charge is 0.274 e. The molecule has 0 aliphatic carbocycles. The van der Waals surface area contributed by atoms with Gasteiger partial charge in [0.1, 0.15) is 0 Å². The van der Waals surface area contributed by atoms with E-state index < -0.39 is 0 Å². The number of hydrogen-bond donors (Lipinski definition) is 2. The topological polar surface area (TPSA) is 76.0 Å². The Bertz CT molecular complexity index is 797. The molecule has 25 heavy (non-hydrogen) atoms. The largest absolute Gasteiger partial charge is 0.348 e. The summed E-state index contributed by atoms with van der Waals surface area (Å²) in [5.41, 5.74) is 0.196. The van der Waals surface area contributed by atoms with E-state index in [1.54, 1.807) is 12.1 Å². The quantitative estimate of drug-likeness (QED) is 0.869. The molecule has 1 saturated heterocycles. The first-order valence-electron chi connectivity index (χ1n) is 8.57. The Balaban J connectivity index is 0.00000225. The molecule has 2 heterocycles. The van der Waals surface area contributed by atoms with Crippen LogP contribution in [0.15, 0.2) is 29.1 Å². The second-order valence-corrected chi connectivity index (χ2v) is 6.77. The molecular formula is C18H25ClN4O2. The van der Waals surface area contributed by atoms with Crippen molar-refractivity contribution in [2.75, 3.05) is 13.1 Å². The lowest BCUT2D eigenvalue weighted by molar-refractivity contribution is 0.0923. The van der Waals surface area contributed by atoms with Crippen LogP contribution < -0.4 is 16.2 Å². The van der Waals surface area contributed by atoms with Crippen molar-refractivity contribution >= 4 is 29.1 Å². The molecule has 0 unspecified atom stereocenters. The monoisotopic (exact) mass is 364 g/mol. The van der Waals surface area contributed by atoms with Crippen molar-refractivity contribution in [2.45, 2.75) is 39.3 Å². The van der Waals surface area contributed by atoms with Crippen molar-refractivity contribution in [3.8, 4) is 0 Å². The van der Waals surface area contributed by atoms with Gasteiger partial charge in [0.2, 0.25) is 0 Å². The van der Waals surface area contributed by atoms with Crippen molar-refractivity contribution in [2.24, 2.45) is 5.92 Å². The first kappa shape index (κ1) is 19.4. The first-order valence-corrected chi connectivity index (χ1v) is 8.57. The van der Waals surface area contributed by atoms with Gasteiger partial charge >= 0.3 is 0 Å². The molecular weight excluding hydrogens is 340 g/mol. The third kappa shape index (κ3) is 4.38. The third-order valence-corrected chi connectivity index (χ3v) is 4.30. The van der Waals surface area contributed by atoms with Gasteiger partial charge in [-0.25, -0.2) is 4.68 Å². The summed E-state index contributed by atoms with van der Waals surface area (Å²) in [5, 5.41) is 11.9. The lowest BCUT2D eigenvalue weighted by atomic mass is 10.1. The van der Waals surface area contributed by atoms with Crippen LogP contribution in [0.25, 0.3) is 10.8 Å². The summed E-state index contributed by atoms with van der Waals surface area (Å²) in [6.07, 6.45) is 1.82. The minimum absolute atomic E-state index is 0. The Hall–Kier alpha value is -1.92. The highest BCUT2D eigenvalue weighted by atomic mass is 35.5. The molecule has 0 bridgehead atoms. The highest BCUT2D eigenvalue weighted by molar-refractivity contribution is 6.04. The molecule has 0 spiro atoms. The fraction of sp³-hybridized carbons (Fsp3) is 0.500. The number of halogens is 1. The van der Waals surface area contributed by atoms with Gasteiger partial charge in [-0.2, -0.15) is 5.10 Å². The van der Waals surface area contributed by atoms with Gasteiger partial charge in [0, 0.05) is 18.0 Å². The van der Waals surface area contributed by atoms with Gasteiger partial charge in [-0.15, -0.1) is 12.4 Å². The number of carbonyl (C=O) groups is 1. The van der Waals surface area contributed by atoms with Crippen molar-refractivity contribution in [1.29, 1.82) is 0 Å². The summed E-state index contributed by atoms with van der Waals surface area (Å²) >= 11 is 0. The van der Waals surface area contributed by atoms with E-state index >= 15 is 0 Å². The molecule has 3 rings (SSSR count). The number of hydrogen-bond acceptors (Lipinski definition) is 4. The van der Waals surface area contributed by atoms with E-state index in [2.05, 4.69) is 15.7 Å². The minimum Gasteiger partial charge on any atom is -0.348 e. The molecule has 136 valence electrons. The highest BCUT2D eigenvalue weighted by Gasteiger charge is 2.21. The second-order valence-electron chi connectivity index (χ2n) is 6.77. The average Bonchev–Trinajstić information content (AvgIpc) is 2.58. The number of piperidine rings is 1. The summed E-state index contributed by atoms with van der Waals surface area (Å²) in [6.45, 7) is 6.37. The lowest BCUT2D eigenvalue weighted by Crippen LogP contribution is -2.43. The van der Waals surface area contributed by atoms with Crippen LogP contribution in [0, 0.1) is 5.92 Å². The Kier molecular flexibility index (Phi) is 6.56. The van der Waals surface area contributed by atoms with Crippen LogP contribution in [-0.2, 0) is 6.54 Å². The van der Waals surface area contributed by atoms with Crippen LogP contribution in [0.5, 0.6) is 0 Å². The Labute approximate surface area is 153 Å². The number of amides is 1. The van der Waals surface area contributed by atoms with E-state index in [0.29, 0.717) is 23.0 Å². The number of carbonyl (C=O) groups excluding carboxylic acids is 1. The van der Waals surface area contributed by atoms with Gasteiger partial charge in [-0.05, 0) is 37.9 Å². The van der Waals surface area contributed by atoms with Crippen LogP contribution in [0.1, 0.15) is 37.2 Å². The van der Waals surface area contributed by atoms with Gasteiger partial charge in [-0.1, -0.05) is 32.0 Å². The first-order chi connectivity index (χ1) is 11.6. The SMILES string of the molecule is CC(C)Cn1nc(C(=O)NC2CCNCC2)c2ccccc2c1=O.Cl. The Morgan fingerprint density at radius 3 is 2.56 bits per heavy atom. The maximum absolute atomic E-state index is 12.8. The second kappa shape index (κ2) is 8.45. The zero-order valence-electron chi connectivity index (χ0n) is 14.6. The molecule has 1 amide bonds. The number of rotatable bonds is 4. The van der Waals surface area contributed by atoms with Crippen molar-refractivity contribution < 1.29 is 4.79 Å². The molecule has 2 N–H and O–H groups in total. The summed E-state index contributed by atoms with van der Waals surface area (Å²) in [7, 11) is 0. The minimum atomic E-state index is -0.199. The van der Waals surface area contributed by atoms with Crippen LogP contribution in [0.4, 0.5) is 0 Å². The summed E-state index contributed by atoms with van der Waals surface area (Å²) < 4.78 is 1.42. The lowest BCUT2D eigenvalue weighted by Gasteiger charge is -2.23. The standard InChI is InChI=1S/C18H24N4O2.ClH/c1-12(2)11-22-18(24)15-6-4-3-5-14(15)16(21-22)17(23)20-13-7-9-19-10-8-13;/h3-6,12-13,19H,7-11H2,1-2H3,(H,20,23);1H. The van der Waals surface area contributed by atoms with E-state index in [-0.39, 0.29) is 35.8 Å². The number of nitrogens with one attached hydrogen (secondary N) is 2. The molecule has 2 aromatic rings. The molecule has 1 aromatic carbocycles. The van der Waals surface area contributed by atoms with Crippen LogP contribution in [0.3, 0.4) is 0 Å². The van der Waals surface area contributed by atoms with Gasteiger partial charge in [0.15, 0.2) is 5.69 Å². The fourth-order valence-corrected chi connectivity index (χ4v) is 3.09. The van der Waals surface area contributed by atoms with Gasteiger partial charge in [0.05, 0.1) is 5.39 Å². The molecule has 1 aliphatic rings. The molecule has 0 radical (unpaired) electrons. The van der Waals surface area contributed by atoms with Gasteiger partial charge in [0.25, 0.3) is 11.5 Å². The molecule has 6 nitrogen and oxygen atoms in total. The number of aromatic nitrogens is 2. The third-order valence-electron chi connectivity index (χ3n) is 4.30. The predicted molar refractivity (Wildman–Crippen MR) is 101 cm³/mol. The van der Waals surface area contributed by atoms with Crippen LogP contribution >= 0.6 is 12.4 Å². The maximum atomic E-state index is 12.8. The zero-order valence-corrected chi connectivity index (χ0v) is 15.4. The highest BCUT2D eigenvalue weighted by Crippen LogP contribution is 2.14. The van der Waals surface area contributed by atoms with Crippen LogP contribution in [-0.4, -0.2) is 34.8 Å². The number of nitrogens with zero attached hydrogens (tertiary/aromatic N) is 2. The van der Waals surface area contributed by atoms with E-state index in [0.717, 1.165) is 25.9 Å². The maximum Gasteiger partial charge on any atom is 0.274 e. The fourth-order valence-electron chi connectivity index (χ4n) is 3.09. The van der Waals surface area contributed by atoms with E-state index in [9.17, 15) is 9.59 Å². The van der Waals surface area contributed by atoms with Crippen LogP contribution in [0.2, 0.25) is 0 Å². The Morgan fingerprint density at radius 2 is 1.92 bits per heavy atom. The molecule has 0 atom stereocenters. The Morgan fingerprint density at radius 1 is 1.28 bits per heavy atom. The van der Waals surface area contributed by atoms with Crippen molar-refractivity contribution in [3.63, 3.8) is 0 Å². The molecule has 1 fully saturated rings. The zero-order chi connectivity index (χ0) is 17.1. The number of benzene rings is 1. The normalized spacial score (nSPS) is 15.2. The van der Waals surface area contributed by atoms with E-state index in [1.807, 2.05) is 26.0 Å². The number of fused-ring (bicyclic) bond motifs is 1. The van der Waals surface area contributed by atoms with E-state index in [1.165, 1.54) is 4.68 Å². The average molecular weight is 365 g/mol. The van der Waals surface area contributed by atoms with E-state index in [4.69, 9.17) is 0 Å². The molecule has 0 saturated carbocycles. The predicted octanol–water partition coefficient (Wildman–Crippen LogP) is 1.96. The molecule has 7 heteroatoms. The van der Waals surface area contributed by atoms with Crippen molar-refractivity contribution in [3.05, 3.63) is 40.3 Å².